The first-order valence-electron chi connectivity index (χ1n) is 11.3. The highest BCUT2D eigenvalue weighted by Gasteiger charge is 2.22. The number of halogens is 2. The first-order valence-corrected chi connectivity index (χ1v) is 12.1. The van der Waals surface area contributed by atoms with Crippen molar-refractivity contribution < 1.29 is 9.59 Å². The number of hydrogen-bond donors (Lipinski definition) is 3. The van der Waals surface area contributed by atoms with E-state index in [0.29, 0.717) is 53.3 Å². The minimum atomic E-state index is -0.362. The van der Waals surface area contributed by atoms with E-state index >= 15 is 0 Å². The molecule has 0 atom stereocenters. The van der Waals surface area contributed by atoms with Gasteiger partial charge in [0.15, 0.2) is 0 Å². The van der Waals surface area contributed by atoms with Crippen molar-refractivity contribution in [2.45, 2.75) is 13.8 Å². The Morgan fingerprint density at radius 3 is 2.20 bits per heavy atom. The maximum absolute atomic E-state index is 12.7. The molecule has 4 rings (SSSR count). The molecule has 1 fully saturated rings. The number of aryl methyl sites for hydroxylation is 2. The van der Waals surface area contributed by atoms with Gasteiger partial charge in [0.2, 0.25) is 0 Å². The largest absolute Gasteiger partial charge is 0.368 e. The standard InChI is InChI=1S/C26H27Cl2N5O2/c1-17-6-11-21(27)23(16-17)30-25(34)29-19-7-9-20(10-8-19)32-12-14-33(15-13-32)26(35)31-24-18(2)4-3-5-22(24)28/h3-11,16H,12-15H2,1-2H3,(H,31,35)(H2,29,30,34). The fourth-order valence-electron chi connectivity index (χ4n) is 3.92. The molecule has 1 aliphatic rings. The second kappa shape index (κ2) is 10.9. The second-order valence-electron chi connectivity index (χ2n) is 8.45. The van der Waals surface area contributed by atoms with Crippen LogP contribution in [0.15, 0.2) is 60.7 Å². The third-order valence-corrected chi connectivity index (χ3v) is 6.53. The van der Waals surface area contributed by atoms with Gasteiger partial charge < -0.3 is 25.8 Å². The van der Waals surface area contributed by atoms with Gasteiger partial charge >= 0.3 is 12.1 Å². The molecule has 0 unspecified atom stereocenters. The molecular formula is C26H27Cl2N5O2. The number of anilines is 4. The fraction of sp³-hybridized carbons (Fsp3) is 0.231. The van der Waals surface area contributed by atoms with Crippen LogP contribution < -0.4 is 20.9 Å². The van der Waals surface area contributed by atoms with Crippen LogP contribution in [0, 0.1) is 13.8 Å². The molecule has 3 N–H and O–H groups in total. The van der Waals surface area contributed by atoms with E-state index in [1.807, 2.05) is 62.4 Å². The molecule has 4 amide bonds. The van der Waals surface area contributed by atoms with Crippen molar-refractivity contribution in [1.29, 1.82) is 0 Å². The summed E-state index contributed by atoms with van der Waals surface area (Å²) < 4.78 is 0. The van der Waals surface area contributed by atoms with Gasteiger partial charge in [-0.1, -0.05) is 41.4 Å². The van der Waals surface area contributed by atoms with Crippen LogP contribution in [0.1, 0.15) is 11.1 Å². The minimum absolute atomic E-state index is 0.153. The number of para-hydroxylation sites is 1. The molecule has 0 radical (unpaired) electrons. The number of amides is 4. The Hall–Kier alpha value is -3.42. The quantitative estimate of drug-likeness (QED) is 0.368. The van der Waals surface area contributed by atoms with Gasteiger partial charge in [0.05, 0.1) is 21.4 Å². The van der Waals surface area contributed by atoms with E-state index in [-0.39, 0.29) is 12.1 Å². The van der Waals surface area contributed by atoms with Crippen LogP contribution in [-0.4, -0.2) is 43.1 Å². The van der Waals surface area contributed by atoms with Crippen LogP contribution in [0.2, 0.25) is 10.0 Å². The lowest BCUT2D eigenvalue weighted by atomic mass is 10.2. The Balaban J connectivity index is 1.29. The summed E-state index contributed by atoms with van der Waals surface area (Å²) in [5, 5.41) is 9.54. The molecular weight excluding hydrogens is 485 g/mol. The Bertz CT molecular complexity index is 1200. The number of carbonyl (C=O) groups is 2. The summed E-state index contributed by atoms with van der Waals surface area (Å²) in [5.74, 6) is 0. The van der Waals surface area contributed by atoms with Crippen LogP contribution in [0.3, 0.4) is 0 Å². The smallest absolute Gasteiger partial charge is 0.323 e. The number of benzene rings is 3. The summed E-state index contributed by atoms with van der Waals surface area (Å²) in [4.78, 5) is 29.1. The van der Waals surface area contributed by atoms with Crippen molar-refractivity contribution in [2.75, 3.05) is 47.0 Å². The highest BCUT2D eigenvalue weighted by Crippen LogP contribution is 2.26. The molecule has 0 spiro atoms. The lowest BCUT2D eigenvalue weighted by Crippen LogP contribution is -2.50. The van der Waals surface area contributed by atoms with E-state index in [9.17, 15) is 9.59 Å². The van der Waals surface area contributed by atoms with Crippen molar-refractivity contribution >= 4 is 58.0 Å². The molecule has 182 valence electrons. The SMILES string of the molecule is Cc1ccc(Cl)c(NC(=O)Nc2ccc(N3CCN(C(=O)Nc4c(C)cccc4Cl)CC3)cc2)c1. The number of nitrogens with zero attached hydrogens (tertiary/aromatic N) is 2. The van der Waals surface area contributed by atoms with Crippen molar-refractivity contribution in [3.05, 3.63) is 81.8 Å². The Kier molecular flexibility index (Phi) is 7.68. The third-order valence-electron chi connectivity index (χ3n) is 5.88. The van der Waals surface area contributed by atoms with Gasteiger partial charge in [-0.2, -0.15) is 0 Å². The van der Waals surface area contributed by atoms with Gasteiger partial charge in [0.1, 0.15) is 0 Å². The van der Waals surface area contributed by atoms with E-state index in [2.05, 4.69) is 20.9 Å². The summed E-state index contributed by atoms with van der Waals surface area (Å²) in [6.07, 6.45) is 0. The average molecular weight is 512 g/mol. The van der Waals surface area contributed by atoms with Crippen molar-refractivity contribution in [3.8, 4) is 0 Å². The molecule has 0 saturated carbocycles. The monoisotopic (exact) mass is 511 g/mol. The van der Waals surface area contributed by atoms with Crippen LogP contribution in [0.4, 0.5) is 32.3 Å². The predicted molar refractivity (Wildman–Crippen MR) is 144 cm³/mol. The molecule has 7 nitrogen and oxygen atoms in total. The predicted octanol–water partition coefficient (Wildman–Crippen LogP) is 6.61. The fourth-order valence-corrected chi connectivity index (χ4v) is 4.35. The van der Waals surface area contributed by atoms with Crippen molar-refractivity contribution in [2.24, 2.45) is 0 Å². The molecule has 0 aromatic heterocycles. The lowest BCUT2D eigenvalue weighted by molar-refractivity contribution is 0.208. The highest BCUT2D eigenvalue weighted by atomic mass is 35.5. The van der Waals surface area contributed by atoms with Crippen LogP contribution in [0.5, 0.6) is 0 Å². The van der Waals surface area contributed by atoms with Crippen molar-refractivity contribution in [3.63, 3.8) is 0 Å². The van der Waals surface area contributed by atoms with E-state index in [1.165, 1.54) is 0 Å². The number of rotatable bonds is 4. The zero-order valence-electron chi connectivity index (χ0n) is 19.6. The number of hydrogen-bond acceptors (Lipinski definition) is 3. The summed E-state index contributed by atoms with van der Waals surface area (Å²) in [6.45, 7) is 6.44. The zero-order chi connectivity index (χ0) is 24.9. The molecule has 1 heterocycles. The van der Waals surface area contributed by atoms with Crippen LogP contribution in [-0.2, 0) is 0 Å². The average Bonchev–Trinajstić information content (AvgIpc) is 2.84. The topological polar surface area (TPSA) is 76.7 Å². The summed E-state index contributed by atoms with van der Waals surface area (Å²) >= 11 is 12.4. The van der Waals surface area contributed by atoms with Gasteiger partial charge in [-0.15, -0.1) is 0 Å². The number of carbonyl (C=O) groups excluding carboxylic acids is 2. The molecule has 0 aliphatic carbocycles. The molecule has 0 bridgehead atoms. The van der Waals surface area contributed by atoms with E-state index in [0.717, 1.165) is 16.8 Å². The molecule has 1 saturated heterocycles. The Morgan fingerprint density at radius 2 is 1.51 bits per heavy atom. The Labute approximate surface area is 215 Å². The highest BCUT2D eigenvalue weighted by molar-refractivity contribution is 6.34. The second-order valence-corrected chi connectivity index (χ2v) is 9.26. The minimum Gasteiger partial charge on any atom is -0.368 e. The maximum atomic E-state index is 12.7. The molecule has 9 heteroatoms. The molecule has 1 aliphatic heterocycles. The Morgan fingerprint density at radius 1 is 0.800 bits per heavy atom. The number of nitrogens with one attached hydrogen (secondary N) is 3. The molecule has 3 aromatic rings. The summed E-state index contributed by atoms with van der Waals surface area (Å²) in [6, 6.07) is 18.1. The normalized spacial score (nSPS) is 13.4. The first-order chi connectivity index (χ1) is 16.8. The molecule has 35 heavy (non-hydrogen) atoms. The third kappa shape index (κ3) is 6.18. The number of piperazine rings is 1. The molecule has 3 aromatic carbocycles. The van der Waals surface area contributed by atoms with Crippen LogP contribution in [0.25, 0.3) is 0 Å². The van der Waals surface area contributed by atoms with Gasteiger partial charge in [-0.05, 0) is 67.4 Å². The summed E-state index contributed by atoms with van der Waals surface area (Å²) in [7, 11) is 0. The van der Waals surface area contributed by atoms with Gasteiger partial charge in [0, 0.05) is 37.6 Å². The van der Waals surface area contributed by atoms with Gasteiger partial charge in [0.25, 0.3) is 0 Å². The summed E-state index contributed by atoms with van der Waals surface area (Å²) in [5.41, 5.74) is 4.84. The number of urea groups is 2. The van der Waals surface area contributed by atoms with Gasteiger partial charge in [-0.25, -0.2) is 9.59 Å². The lowest BCUT2D eigenvalue weighted by Gasteiger charge is -2.36. The van der Waals surface area contributed by atoms with Crippen molar-refractivity contribution in [1.82, 2.24) is 4.90 Å². The van der Waals surface area contributed by atoms with E-state index in [4.69, 9.17) is 23.2 Å². The van der Waals surface area contributed by atoms with E-state index < -0.39 is 0 Å². The van der Waals surface area contributed by atoms with E-state index in [1.54, 1.807) is 17.0 Å². The maximum Gasteiger partial charge on any atom is 0.323 e. The van der Waals surface area contributed by atoms with Gasteiger partial charge in [-0.3, -0.25) is 0 Å². The zero-order valence-corrected chi connectivity index (χ0v) is 21.1. The van der Waals surface area contributed by atoms with Crippen LogP contribution >= 0.6 is 23.2 Å². The first kappa shape index (κ1) is 24.7.